The molecule has 0 radical (unpaired) electrons. The molecule has 0 aliphatic heterocycles. The first kappa shape index (κ1) is 23.0. The molecule has 0 spiro atoms. The van der Waals surface area contributed by atoms with Crippen LogP contribution >= 0.6 is 0 Å². The van der Waals surface area contributed by atoms with E-state index in [2.05, 4.69) is 30.4 Å². The second-order valence-electron chi connectivity index (χ2n) is 9.17. The van der Waals surface area contributed by atoms with Gasteiger partial charge in [0.1, 0.15) is 29.3 Å². The van der Waals surface area contributed by atoms with E-state index in [1.54, 1.807) is 41.3 Å². The zero-order chi connectivity index (χ0) is 25.4. The minimum absolute atomic E-state index is 0.125. The number of H-pyrrole nitrogens is 1. The third kappa shape index (κ3) is 4.57. The molecule has 0 bridgehead atoms. The SMILES string of the molecule is O=C(NCc1ccc(-c2cnn(-c3ccc(F)cc3)c2)c(F)c1)c1ncnc2nc(C3CCCC3)[nH]c12. The number of nitrogens with one attached hydrogen (secondary N) is 2. The van der Waals surface area contributed by atoms with Crippen molar-refractivity contribution in [1.29, 1.82) is 0 Å². The van der Waals surface area contributed by atoms with Gasteiger partial charge in [0.15, 0.2) is 11.3 Å². The standard InChI is InChI=1S/C27H23F2N7O/c28-19-6-8-20(9-7-19)36-14-18(13-33-36)21-10-5-16(11-22(21)29)12-30-27(37)24-23-26(32-15-31-24)35-25(34-23)17-3-1-2-4-17/h5-11,13-15,17H,1-4,12H2,(H,30,37)(H,31,32,34,35). The zero-order valence-electron chi connectivity index (χ0n) is 19.8. The molecule has 1 aliphatic carbocycles. The number of hydrogen-bond acceptors (Lipinski definition) is 5. The number of benzene rings is 2. The van der Waals surface area contributed by atoms with Gasteiger partial charge >= 0.3 is 0 Å². The number of nitrogens with zero attached hydrogens (tertiary/aromatic N) is 5. The summed E-state index contributed by atoms with van der Waals surface area (Å²) in [5.74, 6) is 0.0351. The number of aromatic nitrogens is 6. The van der Waals surface area contributed by atoms with E-state index in [0.717, 1.165) is 18.7 Å². The first-order valence-electron chi connectivity index (χ1n) is 12.1. The summed E-state index contributed by atoms with van der Waals surface area (Å²) in [6.07, 6.45) is 9.05. The van der Waals surface area contributed by atoms with E-state index in [9.17, 15) is 13.6 Å². The Hall–Kier alpha value is -4.47. The van der Waals surface area contributed by atoms with Crippen molar-refractivity contribution in [2.24, 2.45) is 0 Å². The van der Waals surface area contributed by atoms with Crippen LogP contribution in [0, 0.1) is 11.6 Å². The molecule has 1 amide bonds. The van der Waals surface area contributed by atoms with E-state index in [1.165, 1.54) is 37.4 Å². The number of rotatable bonds is 6. The molecule has 37 heavy (non-hydrogen) atoms. The van der Waals surface area contributed by atoms with Gasteiger partial charge in [-0.25, -0.2) is 28.4 Å². The van der Waals surface area contributed by atoms with Crippen LogP contribution < -0.4 is 5.32 Å². The predicted octanol–water partition coefficient (Wildman–Crippen LogP) is 5.07. The summed E-state index contributed by atoms with van der Waals surface area (Å²) in [5.41, 5.74) is 3.42. The highest BCUT2D eigenvalue weighted by atomic mass is 19.1. The fourth-order valence-corrected chi connectivity index (χ4v) is 4.78. The molecule has 0 unspecified atom stereocenters. The van der Waals surface area contributed by atoms with Crippen molar-refractivity contribution in [3.63, 3.8) is 0 Å². The van der Waals surface area contributed by atoms with Gasteiger partial charge in [-0.1, -0.05) is 25.0 Å². The maximum absolute atomic E-state index is 15.0. The summed E-state index contributed by atoms with van der Waals surface area (Å²) >= 11 is 0. The second kappa shape index (κ2) is 9.53. The fourth-order valence-electron chi connectivity index (χ4n) is 4.78. The monoisotopic (exact) mass is 499 g/mol. The summed E-state index contributed by atoms with van der Waals surface area (Å²) in [7, 11) is 0. The van der Waals surface area contributed by atoms with E-state index in [0.29, 0.717) is 39.5 Å². The van der Waals surface area contributed by atoms with Crippen molar-refractivity contribution in [3.05, 3.63) is 89.9 Å². The summed E-state index contributed by atoms with van der Waals surface area (Å²) in [5, 5.41) is 7.06. The van der Waals surface area contributed by atoms with E-state index < -0.39 is 5.82 Å². The maximum atomic E-state index is 15.0. The van der Waals surface area contributed by atoms with Crippen LogP contribution in [0.15, 0.2) is 61.2 Å². The van der Waals surface area contributed by atoms with Gasteiger partial charge in [0.05, 0.1) is 11.9 Å². The Morgan fingerprint density at radius 1 is 1.08 bits per heavy atom. The number of aromatic amines is 1. The summed E-state index contributed by atoms with van der Waals surface area (Å²) < 4.78 is 29.7. The molecule has 3 aromatic heterocycles. The molecule has 6 rings (SSSR count). The normalized spacial score (nSPS) is 13.9. The third-order valence-corrected chi connectivity index (χ3v) is 6.73. The number of hydrogen-bond donors (Lipinski definition) is 2. The predicted molar refractivity (Wildman–Crippen MR) is 133 cm³/mol. The Kier molecular flexibility index (Phi) is 5.91. The average molecular weight is 500 g/mol. The highest BCUT2D eigenvalue weighted by molar-refractivity contribution is 6.02. The number of amides is 1. The molecule has 1 aliphatic rings. The Morgan fingerprint density at radius 2 is 1.89 bits per heavy atom. The molecule has 1 fully saturated rings. The maximum Gasteiger partial charge on any atom is 0.272 e. The Bertz CT molecular complexity index is 1590. The lowest BCUT2D eigenvalue weighted by Crippen LogP contribution is -2.24. The van der Waals surface area contributed by atoms with Crippen molar-refractivity contribution in [2.45, 2.75) is 38.1 Å². The highest BCUT2D eigenvalue weighted by Crippen LogP contribution is 2.33. The molecule has 2 aromatic carbocycles. The van der Waals surface area contributed by atoms with Crippen LogP contribution in [-0.4, -0.2) is 35.6 Å². The summed E-state index contributed by atoms with van der Waals surface area (Å²) in [6.45, 7) is 0.125. The van der Waals surface area contributed by atoms with Crippen LogP contribution in [0.2, 0.25) is 0 Å². The van der Waals surface area contributed by atoms with Gasteiger partial charge in [0.2, 0.25) is 0 Å². The summed E-state index contributed by atoms with van der Waals surface area (Å²) in [4.78, 5) is 29.1. The molecular weight excluding hydrogens is 476 g/mol. The third-order valence-electron chi connectivity index (χ3n) is 6.73. The van der Waals surface area contributed by atoms with Crippen molar-refractivity contribution in [2.75, 3.05) is 0 Å². The number of halogens is 2. The highest BCUT2D eigenvalue weighted by Gasteiger charge is 2.23. The average Bonchev–Trinajstić information content (AvgIpc) is 3.68. The second-order valence-corrected chi connectivity index (χ2v) is 9.17. The van der Waals surface area contributed by atoms with E-state index in [1.807, 2.05) is 0 Å². The fraction of sp³-hybridized carbons (Fsp3) is 0.222. The number of imidazole rings is 1. The Labute approximate surface area is 210 Å². The molecule has 0 atom stereocenters. The zero-order valence-corrected chi connectivity index (χ0v) is 19.8. The number of carbonyl (C=O) groups is 1. The van der Waals surface area contributed by atoms with Gasteiger partial charge in [-0.2, -0.15) is 5.10 Å². The van der Waals surface area contributed by atoms with Gasteiger partial charge in [0, 0.05) is 29.8 Å². The minimum atomic E-state index is -0.440. The Morgan fingerprint density at radius 3 is 2.68 bits per heavy atom. The van der Waals surface area contributed by atoms with Crippen LogP contribution in [0.3, 0.4) is 0 Å². The number of carbonyl (C=O) groups excluding carboxylic acids is 1. The van der Waals surface area contributed by atoms with Crippen molar-refractivity contribution >= 4 is 17.1 Å². The molecule has 186 valence electrons. The van der Waals surface area contributed by atoms with Crippen LogP contribution in [0.4, 0.5) is 8.78 Å². The van der Waals surface area contributed by atoms with Crippen molar-refractivity contribution in [3.8, 4) is 16.8 Å². The van der Waals surface area contributed by atoms with Gasteiger partial charge in [-0.15, -0.1) is 0 Å². The first-order chi connectivity index (χ1) is 18.0. The molecule has 2 N–H and O–H groups in total. The van der Waals surface area contributed by atoms with Crippen LogP contribution in [0.1, 0.15) is 53.5 Å². The topological polar surface area (TPSA) is 101 Å². The van der Waals surface area contributed by atoms with Crippen LogP contribution in [-0.2, 0) is 6.54 Å². The molecule has 8 nitrogen and oxygen atoms in total. The number of fused-ring (bicyclic) bond motifs is 1. The van der Waals surface area contributed by atoms with E-state index in [-0.39, 0.29) is 24.0 Å². The van der Waals surface area contributed by atoms with Gasteiger partial charge in [0.25, 0.3) is 5.91 Å². The van der Waals surface area contributed by atoms with E-state index in [4.69, 9.17) is 0 Å². The van der Waals surface area contributed by atoms with Crippen molar-refractivity contribution < 1.29 is 13.6 Å². The Balaban J connectivity index is 1.16. The molecule has 1 saturated carbocycles. The van der Waals surface area contributed by atoms with E-state index >= 15 is 0 Å². The molecular formula is C27H23F2N7O. The van der Waals surface area contributed by atoms with Gasteiger partial charge in [-0.05, 0) is 48.7 Å². The van der Waals surface area contributed by atoms with Gasteiger partial charge < -0.3 is 10.3 Å². The first-order valence-corrected chi connectivity index (χ1v) is 12.1. The lowest BCUT2D eigenvalue weighted by molar-refractivity contribution is 0.0947. The molecule has 3 heterocycles. The van der Waals surface area contributed by atoms with Crippen LogP contribution in [0.5, 0.6) is 0 Å². The lowest BCUT2D eigenvalue weighted by atomic mass is 10.1. The van der Waals surface area contributed by atoms with Crippen LogP contribution in [0.25, 0.3) is 28.0 Å². The van der Waals surface area contributed by atoms with Crippen molar-refractivity contribution in [1.82, 2.24) is 35.0 Å². The summed E-state index contributed by atoms with van der Waals surface area (Å²) in [6, 6.07) is 10.7. The minimum Gasteiger partial charge on any atom is -0.347 e. The molecule has 5 aromatic rings. The smallest absolute Gasteiger partial charge is 0.272 e. The quantitative estimate of drug-likeness (QED) is 0.340. The van der Waals surface area contributed by atoms with Gasteiger partial charge in [-0.3, -0.25) is 4.79 Å². The molecule has 0 saturated heterocycles. The lowest BCUT2D eigenvalue weighted by Gasteiger charge is -2.07. The molecule has 10 heteroatoms. The largest absolute Gasteiger partial charge is 0.347 e.